The van der Waals surface area contributed by atoms with Crippen molar-refractivity contribution in [2.45, 2.75) is 44.6 Å². The van der Waals surface area contributed by atoms with Gasteiger partial charge in [0, 0.05) is 17.5 Å². The predicted molar refractivity (Wildman–Crippen MR) is 72.3 cm³/mol. The first-order valence-corrected chi connectivity index (χ1v) is 7.06. The van der Waals surface area contributed by atoms with E-state index in [9.17, 15) is 4.79 Å². The molecule has 4 nitrogen and oxygen atoms in total. The maximum Gasteiger partial charge on any atom is 0.223 e. The average molecular weight is 257 g/mol. The first-order chi connectivity index (χ1) is 9.33. The number of nitrogens with zero attached hydrogens (tertiary/aromatic N) is 2. The van der Waals surface area contributed by atoms with Gasteiger partial charge in [-0.15, -0.1) is 0 Å². The lowest BCUT2D eigenvalue weighted by Gasteiger charge is -2.17. The fourth-order valence-corrected chi connectivity index (χ4v) is 2.47. The summed E-state index contributed by atoms with van der Waals surface area (Å²) < 4.78 is 0. The van der Waals surface area contributed by atoms with E-state index in [-0.39, 0.29) is 11.8 Å². The minimum absolute atomic E-state index is 0.134. The highest BCUT2D eigenvalue weighted by atomic mass is 16.1. The van der Waals surface area contributed by atoms with Gasteiger partial charge in [-0.1, -0.05) is 12.2 Å². The van der Waals surface area contributed by atoms with E-state index < -0.39 is 0 Å². The molecule has 2 aliphatic rings. The zero-order valence-electron chi connectivity index (χ0n) is 11.0. The number of hydrogen-bond acceptors (Lipinski definition) is 3. The minimum atomic E-state index is 0.134. The standard InChI is InChI=1S/C15H19N3O/c19-15(12-4-2-1-3-5-12)16-9-13-8-14(11-6-7-11)18-10-17-13/h1-2,8,10-12H,3-7,9H2,(H,16,19). The summed E-state index contributed by atoms with van der Waals surface area (Å²) in [6.07, 6.45) is 11.2. The summed E-state index contributed by atoms with van der Waals surface area (Å²) >= 11 is 0. The lowest BCUT2D eigenvalue weighted by Crippen LogP contribution is -2.31. The Hall–Kier alpha value is -1.71. The normalized spacial score (nSPS) is 22.2. The van der Waals surface area contributed by atoms with Crippen LogP contribution in [0.2, 0.25) is 0 Å². The van der Waals surface area contributed by atoms with Crippen LogP contribution in [0.15, 0.2) is 24.5 Å². The topological polar surface area (TPSA) is 54.9 Å². The molecule has 1 atom stereocenters. The molecule has 1 amide bonds. The van der Waals surface area contributed by atoms with Crippen LogP contribution in [0.5, 0.6) is 0 Å². The first kappa shape index (κ1) is 12.3. The van der Waals surface area contributed by atoms with E-state index in [2.05, 4.69) is 27.4 Å². The quantitative estimate of drug-likeness (QED) is 0.842. The van der Waals surface area contributed by atoms with Crippen LogP contribution < -0.4 is 5.32 Å². The summed E-state index contributed by atoms with van der Waals surface area (Å²) in [5, 5.41) is 2.99. The summed E-state index contributed by atoms with van der Waals surface area (Å²) in [6.45, 7) is 0.515. The molecular formula is C15H19N3O. The fraction of sp³-hybridized carbons (Fsp3) is 0.533. The summed E-state index contributed by atoms with van der Waals surface area (Å²) in [5.41, 5.74) is 2.04. The number of rotatable bonds is 4. The lowest BCUT2D eigenvalue weighted by atomic mass is 9.94. The van der Waals surface area contributed by atoms with Crippen molar-refractivity contribution in [1.29, 1.82) is 0 Å². The monoisotopic (exact) mass is 257 g/mol. The molecule has 1 N–H and O–H groups in total. The smallest absolute Gasteiger partial charge is 0.223 e. The molecule has 1 aromatic heterocycles. The second kappa shape index (κ2) is 5.51. The van der Waals surface area contributed by atoms with Gasteiger partial charge in [-0.05, 0) is 38.2 Å². The summed E-state index contributed by atoms with van der Waals surface area (Å²) in [7, 11) is 0. The third-order valence-corrected chi connectivity index (χ3v) is 3.82. The zero-order valence-corrected chi connectivity index (χ0v) is 11.0. The predicted octanol–water partition coefficient (Wildman–Crippen LogP) is 2.33. The van der Waals surface area contributed by atoms with E-state index >= 15 is 0 Å². The summed E-state index contributed by atoms with van der Waals surface area (Å²) in [4.78, 5) is 20.5. The van der Waals surface area contributed by atoms with E-state index in [1.807, 2.05) is 6.07 Å². The Morgan fingerprint density at radius 3 is 2.89 bits per heavy atom. The molecule has 3 rings (SSSR count). The van der Waals surface area contributed by atoms with E-state index in [1.165, 1.54) is 12.8 Å². The van der Waals surface area contributed by atoms with Gasteiger partial charge in [0.2, 0.25) is 5.91 Å². The number of carbonyl (C=O) groups excluding carboxylic acids is 1. The molecule has 1 saturated carbocycles. The van der Waals surface area contributed by atoms with Gasteiger partial charge >= 0.3 is 0 Å². The Morgan fingerprint density at radius 1 is 1.26 bits per heavy atom. The number of amides is 1. The Bertz CT molecular complexity index is 494. The van der Waals surface area contributed by atoms with Crippen LogP contribution in [0.25, 0.3) is 0 Å². The van der Waals surface area contributed by atoms with Crippen molar-refractivity contribution in [3.63, 3.8) is 0 Å². The first-order valence-electron chi connectivity index (χ1n) is 7.06. The molecule has 1 heterocycles. The van der Waals surface area contributed by atoms with Gasteiger partial charge in [0.25, 0.3) is 0 Å². The van der Waals surface area contributed by atoms with E-state index in [0.29, 0.717) is 12.5 Å². The highest BCUT2D eigenvalue weighted by Gasteiger charge is 2.25. The van der Waals surface area contributed by atoms with Crippen molar-refractivity contribution in [2.24, 2.45) is 5.92 Å². The maximum atomic E-state index is 12.0. The van der Waals surface area contributed by atoms with Crippen LogP contribution in [-0.4, -0.2) is 15.9 Å². The Balaban J connectivity index is 1.55. The third-order valence-electron chi connectivity index (χ3n) is 3.82. The van der Waals surface area contributed by atoms with Gasteiger partial charge in [0.05, 0.1) is 12.2 Å². The number of carbonyl (C=O) groups is 1. The van der Waals surface area contributed by atoms with E-state index in [0.717, 1.165) is 30.7 Å². The molecule has 100 valence electrons. The van der Waals surface area contributed by atoms with Crippen molar-refractivity contribution >= 4 is 5.91 Å². The molecular weight excluding hydrogens is 238 g/mol. The molecule has 1 unspecified atom stereocenters. The molecule has 1 fully saturated rings. The fourth-order valence-electron chi connectivity index (χ4n) is 2.47. The molecule has 0 spiro atoms. The molecule has 0 saturated heterocycles. The number of nitrogens with one attached hydrogen (secondary N) is 1. The zero-order chi connectivity index (χ0) is 13.1. The van der Waals surface area contributed by atoms with Crippen LogP contribution >= 0.6 is 0 Å². The van der Waals surface area contributed by atoms with Crippen LogP contribution in [-0.2, 0) is 11.3 Å². The summed E-state index contributed by atoms with van der Waals surface area (Å²) in [5.74, 6) is 0.909. The highest BCUT2D eigenvalue weighted by Crippen LogP contribution is 2.38. The van der Waals surface area contributed by atoms with Crippen molar-refractivity contribution in [2.75, 3.05) is 0 Å². The van der Waals surface area contributed by atoms with Crippen LogP contribution in [0.1, 0.15) is 49.4 Å². The van der Waals surface area contributed by atoms with Crippen molar-refractivity contribution < 1.29 is 4.79 Å². The molecule has 4 heteroatoms. The molecule has 2 aliphatic carbocycles. The molecule has 0 aliphatic heterocycles. The third kappa shape index (κ3) is 3.19. The largest absolute Gasteiger partial charge is 0.350 e. The minimum Gasteiger partial charge on any atom is -0.350 e. The van der Waals surface area contributed by atoms with E-state index in [1.54, 1.807) is 6.33 Å². The van der Waals surface area contributed by atoms with Crippen LogP contribution in [0, 0.1) is 5.92 Å². The van der Waals surface area contributed by atoms with Crippen LogP contribution in [0.4, 0.5) is 0 Å². The second-order valence-corrected chi connectivity index (χ2v) is 5.41. The maximum absolute atomic E-state index is 12.0. The van der Waals surface area contributed by atoms with Gasteiger partial charge in [-0.3, -0.25) is 4.79 Å². The van der Waals surface area contributed by atoms with Crippen molar-refractivity contribution in [1.82, 2.24) is 15.3 Å². The molecule has 19 heavy (non-hydrogen) atoms. The van der Waals surface area contributed by atoms with E-state index in [4.69, 9.17) is 0 Å². The number of aromatic nitrogens is 2. The Kier molecular flexibility index (Phi) is 3.58. The van der Waals surface area contributed by atoms with Gasteiger partial charge in [0.1, 0.15) is 6.33 Å². The summed E-state index contributed by atoms with van der Waals surface area (Å²) in [6, 6.07) is 2.03. The molecule has 0 bridgehead atoms. The number of hydrogen-bond donors (Lipinski definition) is 1. The lowest BCUT2D eigenvalue weighted by molar-refractivity contribution is -0.125. The van der Waals surface area contributed by atoms with Crippen molar-refractivity contribution in [3.8, 4) is 0 Å². The van der Waals surface area contributed by atoms with Gasteiger partial charge in [-0.25, -0.2) is 9.97 Å². The van der Waals surface area contributed by atoms with Gasteiger partial charge in [-0.2, -0.15) is 0 Å². The Morgan fingerprint density at radius 2 is 2.16 bits per heavy atom. The molecule has 1 aromatic rings. The Labute approximate surface area is 113 Å². The molecule has 0 aromatic carbocycles. The van der Waals surface area contributed by atoms with Crippen LogP contribution in [0.3, 0.4) is 0 Å². The second-order valence-electron chi connectivity index (χ2n) is 5.41. The van der Waals surface area contributed by atoms with Gasteiger partial charge < -0.3 is 5.32 Å². The number of allylic oxidation sites excluding steroid dienone is 2. The van der Waals surface area contributed by atoms with Crippen molar-refractivity contribution in [3.05, 3.63) is 35.9 Å². The highest BCUT2D eigenvalue weighted by molar-refractivity contribution is 5.78. The molecule has 0 radical (unpaired) electrons. The SMILES string of the molecule is O=C(NCc1cc(C2CC2)ncn1)C1CC=CCC1. The average Bonchev–Trinajstić information content (AvgIpc) is 3.31. The van der Waals surface area contributed by atoms with Gasteiger partial charge in [0.15, 0.2) is 0 Å².